The molecular formula is C12H16ClN. The highest BCUT2D eigenvalue weighted by Crippen LogP contribution is 2.38. The zero-order chi connectivity index (χ0) is 10.1. The summed E-state index contributed by atoms with van der Waals surface area (Å²) >= 11 is 5.86. The third-order valence-corrected chi connectivity index (χ3v) is 3.67. The van der Waals surface area contributed by atoms with Gasteiger partial charge in [0.2, 0.25) is 0 Å². The van der Waals surface area contributed by atoms with Crippen molar-refractivity contribution in [3.8, 4) is 0 Å². The van der Waals surface area contributed by atoms with Crippen molar-refractivity contribution in [2.24, 2.45) is 11.7 Å². The minimum atomic E-state index is 0.371. The number of halogens is 1. The molecule has 1 saturated carbocycles. The van der Waals surface area contributed by atoms with Crippen LogP contribution in [0.4, 0.5) is 0 Å². The minimum absolute atomic E-state index is 0.371. The summed E-state index contributed by atoms with van der Waals surface area (Å²) in [6.07, 6.45) is 2.36. The van der Waals surface area contributed by atoms with Crippen LogP contribution in [-0.4, -0.2) is 6.04 Å². The Hall–Kier alpha value is -0.530. The van der Waals surface area contributed by atoms with Crippen LogP contribution in [0.1, 0.15) is 31.2 Å². The fourth-order valence-corrected chi connectivity index (χ4v) is 2.50. The molecule has 0 amide bonds. The Morgan fingerprint density at radius 3 is 2.36 bits per heavy atom. The number of nitrogens with two attached hydrogens (primary N) is 1. The predicted octanol–water partition coefficient (Wildman–Crippen LogP) is 3.18. The van der Waals surface area contributed by atoms with E-state index in [0.717, 1.165) is 11.4 Å². The molecule has 1 aliphatic rings. The van der Waals surface area contributed by atoms with Gasteiger partial charge in [-0.1, -0.05) is 30.7 Å². The zero-order valence-corrected chi connectivity index (χ0v) is 9.17. The average Bonchev–Trinajstić information content (AvgIpc) is 2.50. The first-order valence-electron chi connectivity index (χ1n) is 5.19. The molecule has 0 aromatic heterocycles. The first kappa shape index (κ1) is 10.0. The van der Waals surface area contributed by atoms with Gasteiger partial charge < -0.3 is 5.73 Å². The van der Waals surface area contributed by atoms with E-state index in [0.29, 0.717) is 17.9 Å². The summed E-state index contributed by atoms with van der Waals surface area (Å²) in [7, 11) is 0. The van der Waals surface area contributed by atoms with Crippen molar-refractivity contribution in [3.05, 3.63) is 34.9 Å². The quantitative estimate of drug-likeness (QED) is 0.756. The van der Waals surface area contributed by atoms with Crippen LogP contribution in [0.25, 0.3) is 0 Å². The maximum Gasteiger partial charge on any atom is 0.0406 e. The lowest BCUT2D eigenvalue weighted by Gasteiger charge is -2.18. The topological polar surface area (TPSA) is 26.0 Å². The molecule has 76 valence electrons. The molecule has 0 bridgehead atoms. The second-order valence-electron chi connectivity index (χ2n) is 4.26. The Bertz CT molecular complexity index is 307. The van der Waals surface area contributed by atoms with Gasteiger partial charge in [-0.25, -0.2) is 0 Å². The Labute approximate surface area is 90.3 Å². The molecule has 2 rings (SSSR count). The number of benzene rings is 1. The lowest BCUT2D eigenvalue weighted by Crippen LogP contribution is -2.24. The Kier molecular flexibility index (Phi) is 2.80. The van der Waals surface area contributed by atoms with E-state index in [9.17, 15) is 0 Å². The van der Waals surface area contributed by atoms with Gasteiger partial charge in [-0.2, -0.15) is 0 Å². The lowest BCUT2D eigenvalue weighted by atomic mass is 9.89. The second kappa shape index (κ2) is 3.92. The van der Waals surface area contributed by atoms with Crippen LogP contribution in [0.3, 0.4) is 0 Å². The highest BCUT2D eigenvalue weighted by Gasteiger charge is 2.30. The van der Waals surface area contributed by atoms with E-state index in [2.05, 4.69) is 19.1 Å². The van der Waals surface area contributed by atoms with Crippen LogP contribution in [0.2, 0.25) is 5.02 Å². The van der Waals surface area contributed by atoms with E-state index in [4.69, 9.17) is 17.3 Å². The lowest BCUT2D eigenvalue weighted by molar-refractivity contribution is 0.479. The standard InChI is InChI=1S/C12H16ClN/c1-8-11(6-7-12(8)14)9-2-4-10(13)5-3-9/h2-5,8,11-12H,6-7,14H2,1H3. The van der Waals surface area contributed by atoms with Gasteiger partial charge in [0, 0.05) is 11.1 Å². The van der Waals surface area contributed by atoms with Crippen molar-refractivity contribution in [1.29, 1.82) is 0 Å². The van der Waals surface area contributed by atoms with Gasteiger partial charge >= 0.3 is 0 Å². The van der Waals surface area contributed by atoms with E-state index in [1.165, 1.54) is 12.0 Å². The van der Waals surface area contributed by atoms with Crippen molar-refractivity contribution in [3.63, 3.8) is 0 Å². The molecule has 2 N–H and O–H groups in total. The summed E-state index contributed by atoms with van der Waals surface area (Å²) in [5.74, 6) is 1.22. The molecule has 3 atom stereocenters. The van der Waals surface area contributed by atoms with Gasteiger partial charge in [-0.05, 0) is 42.4 Å². The molecule has 14 heavy (non-hydrogen) atoms. The van der Waals surface area contributed by atoms with Gasteiger partial charge in [0.05, 0.1) is 0 Å². The summed E-state index contributed by atoms with van der Waals surface area (Å²) in [6, 6.07) is 8.56. The van der Waals surface area contributed by atoms with E-state index >= 15 is 0 Å². The van der Waals surface area contributed by atoms with E-state index in [1.54, 1.807) is 0 Å². The maximum atomic E-state index is 6.01. The SMILES string of the molecule is CC1C(N)CCC1c1ccc(Cl)cc1. The first-order chi connectivity index (χ1) is 6.68. The minimum Gasteiger partial charge on any atom is -0.327 e. The summed E-state index contributed by atoms with van der Waals surface area (Å²) < 4.78 is 0. The molecule has 0 heterocycles. The smallest absolute Gasteiger partial charge is 0.0406 e. The molecule has 0 radical (unpaired) electrons. The molecule has 1 fully saturated rings. The summed E-state index contributed by atoms with van der Waals surface area (Å²) in [5.41, 5.74) is 7.39. The van der Waals surface area contributed by atoms with Crippen molar-refractivity contribution in [2.45, 2.75) is 31.7 Å². The van der Waals surface area contributed by atoms with Gasteiger partial charge in [0.1, 0.15) is 0 Å². The first-order valence-corrected chi connectivity index (χ1v) is 5.57. The van der Waals surface area contributed by atoms with Crippen LogP contribution in [0.5, 0.6) is 0 Å². The van der Waals surface area contributed by atoms with Crippen LogP contribution in [0, 0.1) is 5.92 Å². The predicted molar refractivity (Wildman–Crippen MR) is 60.6 cm³/mol. The molecule has 0 aliphatic heterocycles. The van der Waals surface area contributed by atoms with Crippen molar-refractivity contribution in [1.82, 2.24) is 0 Å². The van der Waals surface area contributed by atoms with E-state index in [1.807, 2.05) is 12.1 Å². The molecular weight excluding hydrogens is 194 g/mol. The summed E-state index contributed by atoms with van der Waals surface area (Å²) in [6.45, 7) is 2.25. The fraction of sp³-hybridized carbons (Fsp3) is 0.500. The molecule has 0 spiro atoms. The molecule has 2 heteroatoms. The molecule has 1 aliphatic carbocycles. The van der Waals surface area contributed by atoms with Gasteiger partial charge in [-0.15, -0.1) is 0 Å². The second-order valence-corrected chi connectivity index (χ2v) is 4.69. The van der Waals surface area contributed by atoms with Gasteiger partial charge in [-0.3, -0.25) is 0 Å². The van der Waals surface area contributed by atoms with Crippen molar-refractivity contribution < 1.29 is 0 Å². The third kappa shape index (κ3) is 1.79. The van der Waals surface area contributed by atoms with Crippen molar-refractivity contribution in [2.75, 3.05) is 0 Å². The van der Waals surface area contributed by atoms with E-state index < -0.39 is 0 Å². The molecule has 1 aromatic rings. The maximum absolute atomic E-state index is 6.01. The number of rotatable bonds is 1. The van der Waals surface area contributed by atoms with Crippen LogP contribution < -0.4 is 5.73 Å². The monoisotopic (exact) mass is 209 g/mol. The van der Waals surface area contributed by atoms with Crippen LogP contribution >= 0.6 is 11.6 Å². The van der Waals surface area contributed by atoms with Gasteiger partial charge in [0.25, 0.3) is 0 Å². The highest BCUT2D eigenvalue weighted by molar-refractivity contribution is 6.30. The zero-order valence-electron chi connectivity index (χ0n) is 8.41. The molecule has 1 nitrogen and oxygen atoms in total. The summed E-state index contributed by atoms with van der Waals surface area (Å²) in [5, 5.41) is 0.809. The Balaban J connectivity index is 2.19. The summed E-state index contributed by atoms with van der Waals surface area (Å²) in [4.78, 5) is 0. The van der Waals surface area contributed by atoms with Crippen LogP contribution in [0.15, 0.2) is 24.3 Å². The number of hydrogen-bond acceptors (Lipinski definition) is 1. The third-order valence-electron chi connectivity index (χ3n) is 3.42. The Morgan fingerprint density at radius 2 is 1.86 bits per heavy atom. The Morgan fingerprint density at radius 1 is 1.21 bits per heavy atom. The average molecular weight is 210 g/mol. The van der Waals surface area contributed by atoms with Crippen LogP contribution in [-0.2, 0) is 0 Å². The van der Waals surface area contributed by atoms with E-state index in [-0.39, 0.29) is 0 Å². The highest BCUT2D eigenvalue weighted by atomic mass is 35.5. The fourth-order valence-electron chi connectivity index (χ4n) is 2.38. The molecule has 1 aromatic carbocycles. The molecule has 0 saturated heterocycles. The largest absolute Gasteiger partial charge is 0.327 e. The van der Waals surface area contributed by atoms with Gasteiger partial charge in [0.15, 0.2) is 0 Å². The number of hydrogen-bond donors (Lipinski definition) is 1. The normalized spacial score (nSPS) is 32.1. The van der Waals surface area contributed by atoms with Crippen molar-refractivity contribution >= 4 is 11.6 Å². The molecule has 3 unspecified atom stereocenters.